The maximum Gasteiger partial charge on any atom is 0.305 e. The lowest BCUT2D eigenvalue weighted by molar-refractivity contribution is -0.140. The topological polar surface area (TPSA) is 38.8 Å². The van der Waals surface area contributed by atoms with Crippen LogP contribution >= 0.6 is 0 Å². The number of carbonyl (C=O) groups excluding carboxylic acids is 1. The van der Waals surface area contributed by atoms with Crippen molar-refractivity contribution in [3.8, 4) is 5.75 Å². The molecule has 0 saturated heterocycles. The summed E-state index contributed by atoms with van der Waals surface area (Å²) in [5.74, 6) is 0.787. The SMILES string of the molecule is COC(=O)CCCN(C)CCOc1ccccc1C. The Hall–Kier alpha value is -1.55. The third-order valence-corrected chi connectivity index (χ3v) is 2.97. The molecule has 0 spiro atoms. The molecule has 0 amide bonds. The van der Waals surface area contributed by atoms with Gasteiger partial charge in [0, 0.05) is 13.0 Å². The van der Waals surface area contributed by atoms with Crippen LogP contribution in [0, 0.1) is 6.92 Å². The predicted octanol–water partition coefficient (Wildman–Crippen LogP) is 2.26. The average molecular weight is 265 g/mol. The van der Waals surface area contributed by atoms with Crippen molar-refractivity contribution in [3.05, 3.63) is 29.8 Å². The van der Waals surface area contributed by atoms with Gasteiger partial charge in [0.2, 0.25) is 0 Å². The molecule has 0 bridgehead atoms. The number of esters is 1. The number of ether oxygens (including phenoxy) is 2. The number of hydrogen-bond donors (Lipinski definition) is 0. The minimum Gasteiger partial charge on any atom is -0.492 e. The van der Waals surface area contributed by atoms with Crippen molar-refractivity contribution in [2.24, 2.45) is 0 Å². The van der Waals surface area contributed by atoms with Crippen LogP contribution in [-0.4, -0.2) is 44.7 Å². The summed E-state index contributed by atoms with van der Waals surface area (Å²) in [5.41, 5.74) is 1.15. The van der Waals surface area contributed by atoms with Gasteiger partial charge in [-0.05, 0) is 38.6 Å². The highest BCUT2D eigenvalue weighted by atomic mass is 16.5. The molecule has 0 atom stereocenters. The highest BCUT2D eigenvalue weighted by Gasteiger charge is 2.03. The smallest absolute Gasteiger partial charge is 0.305 e. The van der Waals surface area contributed by atoms with Gasteiger partial charge >= 0.3 is 5.97 Å². The standard InChI is InChI=1S/C15H23NO3/c1-13-7-4-5-8-14(13)19-12-11-16(2)10-6-9-15(17)18-3/h4-5,7-8H,6,9-12H2,1-3H3. The van der Waals surface area contributed by atoms with E-state index in [0.29, 0.717) is 13.0 Å². The Morgan fingerprint density at radius 1 is 1.26 bits per heavy atom. The third kappa shape index (κ3) is 6.25. The zero-order chi connectivity index (χ0) is 14.1. The number of methoxy groups -OCH3 is 1. The van der Waals surface area contributed by atoms with E-state index in [-0.39, 0.29) is 5.97 Å². The van der Waals surface area contributed by atoms with Gasteiger partial charge < -0.3 is 14.4 Å². The summed E-state index contributed by atoms with van der Waals surface area (Å²) in [6.45, 7) is 4.40. The van der Waals surface area contributed by atoms with Crippen LogP contribution in [0.1, 0.15) is 18.4 Å². The fraction of sp³-hybridized carbons (Fsp3) is 0.533. The van der Waals surface area contributed by atoms with Crippen LogP contribution in [0.15, 0.2) is 24.3 Å². The molecule has 0 fully saturated rings. The van der Waals surface area contributed by atoms with Crippen LogP contribution in [-0.2, 0) is 9.53 Å². The molecule has 0 unspecified atom stereocenters. The fourth-order valence-corrected chi connectivity index (χ4v) is 1.74. The van der Waals surface area contributed by atoms with E-state index in [1.165, 1.54) is 7.11 Å². The normalized spacial score (nSPS) is 10.5. The number of hydrogen-bond acceptors (Lipinski definition) is 4. The van der Waals surface area contributed by atoms with Gasteiger partial charge in [0.1, 0.15) is 12.4 Å². The molecule has 0 aromatic heterocycles. The Morgan fingerprint density at radius 3 is 2.68 bits per heavy atom. The van der Waals surface area contributed by atoms with Gasteiger partial charge in [-0.25, -0.2) is 0 Å². The number of carbonyl (C=O) groups is 1. The van der Waals surface area contributed by atoms with Crippen molar-refractivity contribution in [2.75, 3.05) is 33.9 Å². The van der Waals surface area contributed by atoms with Crippen LogP contribution in [0.2, 0.25) is 0 Å². The largest absolute Gasteiger partial charge is 0.492 e. The van der Waals surface area contributed by atoms with Gasteiger partial charge in [0.15, 0.2) is 0 Å². The first-order valence-corrected chi connectivity index (χ1v) is 6.57. The molecular weight excluding hydrogens is 242 g/mol. The van der Waals surface area contributed by atoms with Gasteiger partial charge in [-0.15, -0.1) is 0 Å². The summed E-state index contributed by atoms with van der Waals surface area (Å²) in [5, 5.41) is 0. The van der Waals surface area contributed by atoms with E-state index >= 15 is 0 Å². The summed E-state index contributed by atoms with van der Waals surface area (Å²) < 4.78 is 10.3. The summed E-state index contributed by atoms with van der Waals surface area (Å²) in [7, 11) is 3.45. The van der Waals surface area contributed by atoms with E-state index in [9.17, 15) is 4.79 Å². The molecule has 0 saturated carbocycles. The van der Waals surface area contributed by atoms with Crippen molar-refractivity contribution >= 4 is 5.97 Å². The highest BCUT2D eigenvalue weighted by Crippen LogP contribution is 2.15. The van der Waals surface area contributed by atoms with Crippen molar-refractivity contribution < 1.29 is 14.3 Å². The number of rotatable bonds is 8. The van der Waals surface area contributed by atoms with Crippen molar-refractivity contribution in [2.45, 2.75) is 19.8 Å². The zero-order valence-electron chi connectivity index (χ0n) is 12.0. The third-order valence-electron chi connectivity index (χ3n) is 2.97. The Kier molecular flexibility index (Phi) is 6.97. The van der Waals surface area contributed by atoms with Crippen LogP contribution in [0.4, 0.5) is 0 Å². The molecule has 0 aliphatic heterocycles. The molecule has 106 valence electrons. The number of para-hydroxylation sites is 1. The van der Waals surface area contributed by atoms with Gasteiger partial charge in [-0.3, -0.25) is 4.79 Å². The molecule has 1 aromatic carbocycles. The zero-order valence-corrected chi connectivity index (χ0v) is 12.0. The first-order chi connectivity index (χ1) is 9.13. The maximum absolute atomic E-state index is 11.0. The molecule has 0 heterocycles. The van der Waals surface area contributed by atoms with Crippen LogP contribution < -0.4 is 4.74 Å². The van der Waals surface area contributed by atoms with Gasteiger partial charge in [0.05, 0.1) is 7.11 Å². The minimum absolute atomic E-state index is 0.149. The van der Waals surface area contributed by atoms with E-state index in [4.69, 9.17) is 4.74 Å². The van der Waals surface area contributed by atoms with Crippen LogP contribution in [0.25, 0.3) is 0 Å². The quantitative estimate of drug-likeness (QED) is 0.676. The van der Waals surface area contributed by atoms with Gasteiger partial charge in [-0.1, -0.05) is 18.2 Å². The molecular formula is C15H23NO3. The molecule has 0 radical (unpaired) electrons. The lowest BCUT2D eigenvalue weighted by Gasteiger charge is -2.17. The Balaban J connectivity index is 2.15. The molecule has 0 N–H and O–H groups in total. The Bertz CT molecular complexity index is 393. The second-order valence-corrected chi connectivity index (χ2v) is 4.60. The van der Waals surface area contributed by atoms with Gasteiger partial charge in [-0.2, -0.15) is 0 Å². The van der Waals surface area contributed by atoms with E-state index in [1.807, 2.05) is 38.2 Å². The molecule has 0 aliphatic rings. The van der Waals surface area contributed by atoms with Crippen LogP contribution in [0.5, 0.6) is 5.75 Å². The summed E-state index contributed by atoms with van der Waals surface area (Å²) in [4.78, 5) is 13.1. The monoisotopic (exact) mass is 265 g/mol. The van der Waals surface area contributed by atoms with Crippen molar-refractivity contribution in [1.29, 1.82) is 0 Å². The Labute approximate surface area is 115 Å². The molecule has 1 rings (SSSR count). The first-order valence-electron chi connectivity index (χ1n) is 6.57. The number of nitrogens with zero attached hydrogens (tertiary/aromatic N) is 1. The molecule has 1 aromatic rings. The first kappa shape index (κ1) is 15.5. The maximum atomic E-state index is 11.0. The Morgan fingerprint density at radius 2 is 2.00 bits per heavy atom. The molecule has 19 heavy (non-hydrogen) atoms. The minimum atomic E-state index is -0.149. The van der Waals surface area contributed by atoms with Crippen molar-refractivity contribution in [3.63, 3.8) is 0 Å². The molecule has 4 heteroatoms. The van der Waals surface area contributed by atoms with E-state index in [2.05, 4.69) is 9.64 Å². The van der Waals surface area contributed by atoms with E-state index < -0.39 is 0 Å². The fourth-order valence-electron chi connectivity index (χ4n) is 1.74. The van der Waals surface area contributed by atoms with Gasteiger partial charge in [0.25, 0.3) is 0 Å². The number of aryl methyl sites for hydroxylation is 1. The summed E-state index contributed by atoms with van der Waals surface area (Å²) >= 11 is 0. The van der Waals surface area contributed by atoms with E-state index in [0.717, 1.165) is 30.8 Å². The summed E-state index contributed by atoms with van der Waals surface area (Å²) in [6.07, 6.45) is 1.28. The van der Waals surface area contributed by atoms with Crippen LogP contribution in [0.3, 0.4) is 0 Å². The molecule has 4 nitrogen and oxygen atoms in total. The average Bonchev–Trinajstić information content (AvgIpc) is 2.40. The molecule has 0 aliphatic carbocycles. The van der Waals surface area contributed by atoms with E-state index in [1.54, 1.807) is 0 Å². The summed E-state index contributed by atoms with van der Waals surface area (Å²) in [6, 6.07) is 7.99. The highest BCUT2D eigenvalue weighted by molar-refractivity contribution is 5.69. The lowest BCUT2D eigenvalue weighted by Crippen LogP contribution is -2.25. The number of benzene rings is 1. The number of likely N-dealkylation sites (N-methyl/N-ethyl adjacent to an activating group) is 1. The predicted molar refractivity (Wildman–Crippen MR) is 75.4 cm³/mol. The lowest BCUT2D eigenvalue weighted by atomic mass is 10.2. The second kappa shape index (κ2) is 8.53. The van der Waals surface area contributed by atoms with Crippen molar-refractivity contribution in [1.82, 2.24) is 4.90 Å². The second-order valence-electron chi connectivity index (χ2n) is 4.60.